The van der Waals surface area contributed by atoms with Crippen molar-refractivity contribution in [3.63, 3.8) is 0 Å². The Hall–Kier alpha value is -2.14. The molecule has 1 aliphatic rings. The van der Waals surface area contributed by atoms with Gasteiger partial charge in [-0.1, -0.05) is 12.1 Å². The summed E-state index contributed by atoms with van der Waals surface area (Å²) in [6.45, 7) is 2.16. The lowest BCUT2D eigenvalue weighted by molar-refractivity contribution is 0.0672. The minimum Gasteiger partial charge on any atom is -0.338 e. The number of carbonyl (C=O) groups excluding carboxylic acids is 1. The van der Waals surface area contributed by atoms with Gasteiger partial charge in [0.2, 0.25) is 0 Å². The van der Waals surface area contributed by atoms with Crippen molar-refractivity contribution in [2.45, 2.75) is 25.8 Å². The van der Waals surface area contributed by atoms with E-state index in [-0.39, 0.29) is 5.91 Å². The summed E-state index contributed by atoms with van der Waals surface area (Å²) in [5, 5.41) is 0. The van der Waals surface area contributed by atoms with E-state index in [9.17, 15) is 4.79 Å². The Morgan fingerprint density at radius 2 is 2.13 bits per heavy atom. The molecule has 3 rings (SSSR count). The minimum atomic E-state index is 0.123. The van der Waals surface area contributed by atoms with Crippen LogP contribution in [-0.2, 0) is 20.0 Å². The molecule has 1 aromatic carbocycles. The predicted molar refractivity (Wildman–Crippen MR) is 89.9 cm³/mol. The van der Waals surface area contributed by atoms with Crippen molar-refractivity contribution >= 4 is 5.91 Å². The van der Waals surface area contributed by atoms with Crippen LogP contribution in [0.3, 0.4) is 0 Å². The molecule has 1 unspecified atom stereocenters. The van der Waals surface area contributed by atoms with Crippen LogP contribution in [0, 0.1) is 5.92 Å². The molecule has 0 bridgehead atoms. The predicted octanol–water partition coefficient (Wildman–Crippen LogP) is 1.97. The number of aryl methyl sites for hydroxylation is 1. The minimum absolute atomic E-state index is 0.123. The van der Waals surface area contributed by atoms with E-state index in [1.165, 1.54) is 0 Å². The monoisotopic (exact) mass is 312 g/mol. The third-order valence-electron chi connectivity index (χ3n) is 4.64. The molecule has 2 heterocycles. The second-order valence-electron chi connectivity index (χ2n) is 6.32. The molecule has 1 atom stereocenters. The van der Waals surface area contributed by atoms with E-state index in [0.717, 1.165) is 49.3 Å². The fourth-order valence-electron chi connectivity index (χ4n) is 3.23. The molecule has 1 amide bonds. The first-order chi connectivity index (χ1) is 11.2. The molecule has 2 N–H and O–H groups in total. The number of carbonyl (C=O) groups is 1. The van der Waals surface area contributed by atoms with Gasteiger partial charge in [0.05, 0.1) is 0 Å². The van der Waals surface area contributed by atoms with Gasteiger partial charge in [0.25, 0.3) is 5.91 Å². The largest absolute Gasteiger partial charge is 0.338 e. The molecule has 5 heteroatoms. The summed E-state index contributed by atoms with van der Waals surface area (Å²) >= 11 is 0. The Balaban J connectivity index is 1.65. The number of benzene rings is 1. The Bertz CT molecular complexity index is 662. The molecule has 2 aromatic rings. The number of piperidine rings is 1. The van der Waals surface area contributed by atoms with Gasteiger partial charge >= 0.3 is 0 Å². The quantitative estimate of drug-likeness (QED) is 0.939. The smallest absolute Gasteiger partial charge is 0.253 e. The molecule has 1 fully saturated rings. The van der Waals surface area contributed by atoms with Crippen LogP contribution < -0.4 is 5.73 Å². The summed E-state index contributed by atoms with van der Waals surface area (Å²) in [6.07, 6.45) is 6.95. The fourth-order valence-corrected chi connectivity index (χ4v) is 3.23. The van der Waals surface area contributed by atoms with Crippen LogP contribution in [0.25, 0.3) is 0 Å². The summed E-state index contributed by atoms with van der Waals surface area (Å²) < 4.78 is 2.06. The van der Waals surface area contributed by atoms with E-state index in [1.807, 2.05) is 48.6 Å². The van der Waals surface area contributed by atoms with Gasteiger partial charge in [-0.3, -0.25) is 4.79 Å². The Morgan fingerprint density at radius 3 is 2.78 bits per heavy atom. The topological polar surface area (TPSA) is 64.2 Å². The van der Waals surface area contributed by atoms with Crippen LogP contribution in [0.15, 0.2) is 36.7 Å². The van der Waals surface area contributed by atoms with E-state index in [2.05, 4.69) is 9.55 Å². The zero-order valence-electron chi connectivity index (χ0n) is 13.6. The van der Waals surface area contributed by atoms with Gasteiger partial charge < -0.3 is 15.2 Å². The second kappa shape index (κ2) is 6.96. The van der Waals surface area contributed by atoms with Crippen LogP contribution in [0.5, 0.6) is 0 Å². The van der Waals surface area contributed by atoms with E-state index < -0.39 is 0 Å². The van der Waals surface area contributed by atoms with Crippen LogP contribution >= 0.6 is 0 Å². The lowest BCUT2D eigenvalue weighted by Gasteiger charge is -2.32. The number of hydrogen-bond donors (Lipinski definition) is 1. The number of amides is 1. The van der Waals surface area contributed by atoms with Crippen LogP contribution in [0.2, 0.25) is 0 Å². The highest BCUT2D eigenvalue weighted by Gasteiger charge is 2.25. The molecular weight excluding hydrogens is 288 g/mol. The van der Waals surface area contributed by atoms with Gasteiger partial charge in [-0.2, -0.15) is 0 Å². The highest BCUT2D eigenvalue weighted by molar-refractivity contribution is 5.94. The van der Waals surface area contributed by atoms with E-state index in [1.54, 1.807) is 0 Å². The summed E-state index contributed by atoms with van der Waals surface area (Å²) in [5.41, 5.74) is 7.41. The standard InChI is InChI=1S/C18H24N4O/c1-21-10-8-20-17(21)11-15-3-2-9-22(13-15)18(23)16-6-4-14(12-19)5-7-16/h4-8,10,15H,2-3,9,11-13,19H2,1H3. The highest BCUT2D eigenvalue weighted by atomic mass is 16.2. The molecule has 0 saturated carbocycles. The first kappa shape index (κ1) is 15.7. The summed E-state index contributed by atoms with van der Waals surface area (Å²) in [5.74, 6) is 1.70. The maximum absolute atomic E-state index is 12.7. The lowest BCUT2D eigenvalue weighted by Crippen LogP contribution is -2.40. The number of imidazole rings is 1. The van der Waals surface area contributed by atoms with Gasteiger partial charge in [-0.15, -0.1) is 0 Å². The van der Waals surface area contributed by atoms with E-state index in [4.69, 9.17) is 5.73 Å². The molecule has 1 saturated heterocycles. The SMILES string of the molecule is Cn1ccnc1CC1CCCN(C(=O)c2ccc(CN)cc2)C1. The first-order valence-electron chi connectivity index (χ1n) is 8.22. The van der Waals surface area contributed by atoms with Gasteiger partial charge in [0, 0.05) is 51.1 Å². The van der Waals surface area contributed by atoms with Crippen LogP contribution in [0.1, 0.15) is 34.6 Å². The van der Waals surface area contributed by atoms with Crippen LogP contribution in [0.4, 0.5) is 0 Å². The molecule has 0 radical (unpaired) electrons. The Morgan fingerprint density at radius 1 is 1.35 bits per heavy atom. The molecule has 1 aliphatic heterocycles. The molecule has 23 heavy (non-hydrogen) atoms. The number of rotatable bonds is 4. The second-order valence-corrected chi connectivity index (χ2v) is 6.32. The van der Waals surface area contributed by atoms with Crippen molar-refractivity contribution in [1.29, 1.82) is 0 Å². The Kier molecular flexibility index (Phi) is 4.76. The van der Waals surface area contributed by atoms with Crippen LogP contribution in [-0.4, -0.2) is 33.4 Å². The normalized spacial score (nSPS) is 18.2. The molecule has 0 spiro atoms. The van der Waals surface area contributed by atoms with Gasteiger partial charge in [-0.25, -0.2) is 4.98 Å². The fraction of sp³-hybridized carbons (Fsp3) is 0.444. The zero-order valence-corrected chi connectivity index (χ0v) is 13.6. The molecule has 5 nitrogen and oxygen atoms in total. The van der Waals surface area contributed by atoms with Gasteiger partial charge in [0.15, 0.2) is 0 Å². The van der Waals surface area contributed by atoms with Gasteiger partial charge in [0.1, 0.15) is 5.82 Å². The van der Waals surface area contributed by atoms with Crippen molar-refractivity contribution in [3.05, 3.63) is 53.6 Å². The van der Waals surface area contributed by atoms with Crippen molar-refractivity contribution in [2.24, 2.45) is 18.7 Å². The first-order valence-corrected chi connectivity index (χ1v) is 8.22. The summed E-state index contributed by atoms with van der Waals surface area (Å²) in [4.78, 5) is 19.1. The zero-order chi connectivity index (χ0) is 16.2. The number of hydrogen-bond acceptors (Lipinski definition) is 3. The molecule has 1 aromatic heterocycles. The van der Waals surface area contributed by atoms with Crippen molar-refractivity contribution < 1.29 is 4.79 Å². The van der Waals surface area contributed by atoms with Crippen molar-refractivity contribution in [3.8, 4) is 0 Å². The maximum Gasteiger partial charge on any atom is 0.253 e. The molecular formula is C18H24N4O. The van der Waals surface area contributed by atoms with Crippen molar-refractivity contribution in [1.82, 2.24) is 14.5 Å². The molecule has 122 valence electrons. The van der Waals surface area contributed by atoms with Crippen molar-refractivity contribution in [2.75, 3.05) is 13.1 Å². The summed E-state index contributed by atoms with van der Waals surface area (Å²) in [7, 11) is 2.02. The number of aromatic nitrogens is 2. The summed E-state index contributed by atoms with van der Waals surface area (Å²) in [6, 6.07) is 7.63. The Labute approximate surface area is 137 Å². The van der Waals surface area contributed by atoms with E-state index in [0.29, 0.717) is 12.5 Å². The van der Waals surface area contributed by atoms with Gasteiger partial charge in [-0.05, 0) is 36.5 Å². The number of nitrogens with zero attached hydrogens (tertiary/aromatic N) is 3. The average molecular weight is 312 g/mol. The highest BCUT2D eigenvalue weighted by Crippen LogP contribution is 2.22. The average Bonchev–Trinajstić information content (AvgIpc) is 2.99. The third-order valence-corrected chi connectivity index (χ3v) is 4.64. The number of likely N-dealkylation sites (tertiary alicyclic amines) is 1. The van der Waals surface area contributed by atoms with E-state index >= 15 is 0 Å². The maximum atomic E-state index is 12.7. The molecule has 0 aliphatic carbocycles. The number of nitrogens with two attached hydrogens (primary N) is 1. The third kappa shape index (κ3) is 3.62. The lowest BCUT2D eigenvalue weighted by atomic mass is 9.94.